The second-order valence-corrected chi connectivity index (χ2v) is 8.23. The van der Waals surface area contributed by atoms with E-state index < -0.39 is 11.6 Å². The Morgan fingerprint density at radius 1 is 1.03 bits per heavy atom. The highest BCUT2D eigenvalue weighted by Gasteiger charge is 2.29. The quantitative estimate of drug-likeness (QED) is 0.567. The van der Waals surface area contributed by atoms with E-state index in [2.05, 4.69) is 10.3 Å². The molecule has 7 nitrogen and oxygen atoms in total. The Kier molecular flexibility index (Phi) is 4.81. The van der Waals surface area contributed by atoms with Gasteiger partial charge in [0.15, 0.2) is 0 Å². The van der Waals surface area contributed by atoms with Crippen LogP contribution in [0.2, 0.25) is 0 Å². The standard InChI is InChI=1S/C23H24N4O3/c1-23(2,3)25-21(28)20(15-9-11-16(30-4)12-10-15)27-18-8-6-5-7-17(18)26-14-24-13-19(26)22(27)29/h5-14,20H,1-4H3,(H,25,28). The number of fused-ring (bicyclic) bond motifs is 3. The molecule has 0 bridgehead atoms. The van der Waals surface area contributed by atoms with Crippen LogP contribution in [-0.2, 0) is 4.79 Å². The highest BCUT2D eigenvalue weighted by atomic mass is 16.5. The van der Waals surface area contributed by atoms with Crippen molar-refractivity contribution in [1.29, 1.82) is 0 Å². The molecule has 0 spiro atoms. The molecule has 30 heavy (non-hydrogen) atoms. The van der Waals surface area contributed by atoms with Crippen LogP contribution < -0.4 is 15.6 Å². The second-order valence-electron chi connectivity index (χ2n) is 8.23. The summed E-state index contributed by atoms with van der Waals surface area (Å²) in [5.74, 6) is 0.418. The van der Waals surface area contributed by atoms with Gasteiger partial charge in [0.1, 0.15) is 17.3 Å². The molecule has 154 valence electrons. The summed E-state index contributed by atoms with van der Waals surface area (Å²) in [5.41, 5.74) is 1.81. The van der Waals surface area contributed by atoms with Gasteiger partial charge < -0.3 is 10.1 Å². The molecule has 0 aliphatic heterocycles. The Hall–Kier alpha value is -3.61. The van der Waals surface area contributed by atoms with E-state index in [4.69, 9.17) is 4.74 Å². The molecule has 0 saturated carbocycles. The smallest absolute Gasteiger partial charge is 0.277 e. The lowest BCUT2D eigenvalue weighted by atomic mass is 10.0. The molecule has 0 aliphatic carbocycles. The van der Waals surface area contributed by atoms with E-state index >= 15 is 0 Å². The number of nitrogens with zero attached hydrogens (tertiary/aromatic N) is 3. The largest absolute Gasteiger partial charge is 0.497 e. The highest BCUT2D eigenvalue weighted by Crippen LogP contribution is 2.26. The number of benzene rings is 2. The summed E-state index contributed by atoms with van der Waals surface area (Å²) in [6.07, 6.45) is 3.14. The Labute approximate surface area is 173 Å². The minimum absolute atomic E-state index is 0.260. The first-order valence-corrected chi connectivity index (χ1v) is 9.71. The number of carbonyl (C=O) groups excluding carboxylic acids is 1. The van der Waals surface area contributed by atoms with Gasteiger partial charge in [0.05, 0.1) is 30.7 Å². The number of nitrogens with one attached hydrogen (secondary N) is 1. The minimum atomic E-state index is -0.854. The van der Waals surface area contributed by atoms with Gasteiger partial charge in [-0.2, -0.15) is 0 Å². The van der Waals surface area contributed by atoms with Crippen molar-refractivity contribution < 1.29 is 9.53 Å². The van der Waals surface area contributed by atoms with Crippen molar-refractivity contribution in [3.05, 3.63) is 77.0 Å². The molecule has 1 unspecified atom stereocenters. The first-order chi connectivity index (χ1) is 14.3. The molecular formula is C23H24N4O3. The van der Waals surface area contributed by atoms with E-state index in [9.17, 15) is 9.59 Å². The zero-order valence-electron chi connectivity index (χ0n) is 17.4. The fraction of sp³-hybridized carbons (Fsp3) is 0.261. The van der Waals surface area contributed by atoms with Gasteiger partial charge >= 0.3 is 0 Å². The molecule has 2 aromatic carbocycles. The lowest BCUT2D eigenvalue weighted by Gasteiger charge is -2.27. The molecule has 4 aromatic rings. The maximum Gasteiger partial charge on any atom is 0.277 e. The summed E-state index contributed by atoms with van der Waals surface area (Å²) in [5, 5.41) is 3.03. The first-order valence-electron chi connectivity index (χ1n) is 9.71. The van der Waals surface area contributed by atoms with Crippen LogP contribution in [0.3, 0.4) is 0 Å². The Bertz CT molecular complexity index is 1280. The molecule has 2 aromatic heterocycles. The zero-order chi connectivity index (χ0) is 21.5. The van der Waals surface area contributed by atoms with Crippen molar-refractivity contribution in [2.24, 2.45) is 0 Å². The highest BCUT2D eigenvalue weighted by molar-refractivity contribution is 5.88. The molecule has 1 atom stereocenters. The summed E-state index contributed by atoms with van der Waals surface area (Å²) in [6, 6.07) is 13.9. The third-order valence-electron chi connectivity index (χ3n) is 4.91. The number of hydrogen-bond acceptors (Lipinski definition) is 4. The Morgan fingerprint density at radius 2 is 1.70 bits per heavy atom. The summed E-state index contributed by atoms with van der Waals surface area (Å²) in [7, 11) is 1.59. The van der Waals surface area contributed by atoms with Crippen LogP contribution in [0.25, 0.3) is 16.6 Å². The van der Waals surface area contributed by atoms with E-state index in [1.807, 2.05) is 57.2 Å². The van der Waals surface area contributed by atoms with Crippen LogP contribution in [0.5, 0.6) is 5.75 Å². The number of amides is 1. The van der Waals surface area contributed by atoms with Crippen LogP contribution in [-0.4, -0.2) is 32.5 Å². The van der Waals surface area contributed by atoms with Gasteiger partial charge in [-0.3, -0.25) is 18.6 Å². The fourth-order valence-corrected chi connectivity index (χ4v) is 3.65. The number of imidazole rings is 1. The van der Waals surface area contributed by atoms with Crippen molar-refractivity contribution in [2.45, 2.75) is 32.4 Å². The van der Waals surface area contributed by atoms with Gasteiger partial charge in [-0.25, -0.2) is 4.98 Å². The zero-order valence-corrected chi connectivity index (χ0v) is 17.4. The number of rotatable bonds is 4. The molecule has 7 heteroatoms. The van der Waals surface area contributed by atoms with E-state index in [0.717, 1.165) is 5.52 Å². The van der Waals surface area contributed by atoms with Crippen molar-refractivity contribution >= 4 is 22.5 Å². The van der Waals surface area contributed by atoms with Gasteiger partial charge in [0, 0.05) is 5.54 Å². The molecule has 4 rings (SSSR count). The average Bonchev–Trinajstić information content (AvgIpc) is 3.20. The van der Waals surface area contributed by atoms with Gasteiger partial charge in [-0.05, 0) is 50.6 Å². The Balaban J connectivity index is 2.03. The first kappa shape index (κ1) is 19.7. The number of aromatic nitrogens is 3. The van der Waals surface area contributed by atoms with Gasteiger partial charge in [-0.1, -0.05) is 24.3 Å². The molecule has 0 aliphatic rings. The van der Waals surface area contributed by atoms with E-state index in [1.165, 1.54) is 6.20 Å². The molecule has 0 saturated heterocycles. The van der Waals surface area contributed by atoms with Crippen LogP contribution in [0.15, 0.2) is 65.8 Å². The molecule has 2 heterocycles. The number of methoxy groups -OCH3 is 1. The monoisotopic (exact) mass is 404 g/mol. The molecule has 0 radical (unpaired) electrons. The normalized spacial score (nSPS) is 12.8. The molecule has 0 fully saturated rings. The van der Waals surface area contributed by atoms with Crippen LogP contribution in [0.1, 0.15) is 32.4 Å². The van der Waals surface area contributed by atoms with Gasteiger partial charge in [-0.15, -0.1) is 0 Å². The minimum Gasteiger partial charge on any atom is -0.497 e. The topological polar surface area (TPSA) is 77.6 Å². The molecule has 1 N–H and O–H groups in total. The third kappa shape index (κ3) is 3.43. The van der Waals surface area contributed by atoms with Crippen molar-refractivity contribution in [1.82, 2.24) is 19.3 Å². The second kappa shape index (κ2) is 7.33. The predicted octanol–water partition coefficient (Wildman–Crippen LogP) is 3.16. The summed E-state index contributed by atoms with van der Waals surface area (Å²) in [6.45, 7) is 5.74. The number of hydrogen-bond donors (Lipinski definition) is 1. The van der Waals surface area contributed by atoms with E-state index in [1.54, 1.807) is 34.5 Å². The van der Waals surface area contributed by atoms with Crippen LogP contribution in [0, 0.1) is 0 Å². The van der Waals surface area contributed by atoms with Gasteiger partial charge in [0.25, 0.3) is 5.56 Å². The van der Waals surface area contributed by atoms with E-state index in [-0.39, 0.29) is 11.5 Å². The van der Waals surface area contributed by atoms with Crippen molar-refractivity contribution in [3.8, 4) is 5.75 Å². The summed E-state index contributed by atoms with van der Waals surface area (Å²) in [4.78, 5) is 31.1. The SMILES string of the molecule is COc1ccc(C(C(=O)NC(C)(C)C)n2c(=O)c3cncn3c3ccccc32)cc1. The Morgan fingerprint density at radius 3 is 2.33 bits per heavy atom. The molecule has 1 amide bonds. The number of ether oxygens (including phenoxy) is 1. The number of para-hydroxylation sites is 2. The fourth-order valence-electron chi connectivity index (χ4n) is 3.65. The van der Waals surface area contributed by atoms with Gasteiger partial charge in [0.2, 0.25) is 5.91 Å². The maximum atomic E-state index is 13.5. The lowest BCUT2D eigenvalue weighted by Crippen LogP contribution is -2.46. The number of carbonyl (C=O) groups is 1. The van der Waals surface area contributed by atoms with Crippen LogP contribution in [0.4, 0.5) is 0 Å². The maximum absolute atomic E-state index is 13.5. The molecular weight excluding hydrogens is 380 g/mol. The summed E-state index contributed by atoms with van der Waals surface area (Å²) >= 11 is 0. The lowest BCUT2D eigenvalue weighted by molar-refractivity contribution is -0.124. The van der Waals surface area contributed by atoms with E-state index in [0.29, 0.717) is 22.3 Å². The predicted molar refractivity (Wildman–Crippen MR) is 116 cm³/mol. The van der Waals surface area contributed by atoms with Crippen LogP contribution >= 0.6 is 0 Å². The third-order valence-corrected chi connectivity index (χ3v) is 4.91. The van der Waals surface area contributed by atoms with Crippen molar-refractivity contribution in [2.75, 3.05) is 7.11 Å². The summed E-state index contributed by atoms with van der Waals surface area (Å²) < 4.78 is 8.56. The van der Waals surface area contributed by atoms with Crippen molar-refractivity contribution in [3.63, 3.8) is 0 Å². The average molecular weight is 404 g/mol.